The number of anilines is 1. The van der Waals surface area contributed by atoms with Crippen LogP contribution < -0.4 is 5.32 Å². The maximum atomic E-state index is 11.9. The van der Waals surface area contributed by atoms with Gasteiger partial charge in [-0.05, 0) is 12.1 Å². The summed E-state index contributed by atoms with van der Waals surface area (Å²) in [5.74, 6) is -0.192. The Morgan fingerprint density at radius 3 is 2.71 bits per heavy atom. The fourth-order valence-electron chi connectivity index (χ4n) is 1.81. The lowest BCUT2D eigenvalue weighted by atomic mass is 10.1. The van der Waals surface area contributed by atoms with Crippen molar-refractivity contribution in [2.75, 3.05) is 5.32 Å². The van der Waals surface area contributed by atoms with Gasteiger partial charge in [-0.25, -0.2) is 4.98 Å². The summed E-state index contributed by atoms with van der Waals surface area (Å²) in [5.41, 5.74) is 1.40. The molecule has 0 unspecified atom stereocenters. The van der Waals surface area contributed by atoms with Crippen molar-refractivity contribution in [3.63, 3.8) is 0 Å². The molecule has 0 aliphatic rings. The van der Waals surface area contributed by atoms with Gasteiger partial charge in [0.1, 0.15) is 16.6 Å². The first-order valence-corrected chi connectivity index (χ1v) is 6.91. The topological polar surface area (TPSA) is 78.9 Å². The Bertz CT molecular complexity index is 801. The third-order valence-corrected chi connectivity index (χ3v) is 3.62. The van der Waals surface area contributed by atoms with Crippen LogP contribution in [0.5, 0.6) is 0 Å². The van der Waals surface area contributed by atoms with E-state index in [9.17, 15) is 10.1 Å². The van der Waals surface area contributed by atoms with Crippen molar-refractivity contribution in [2.24, 2.45) is 0 Å². The number of carbonyl (C=O) groups excluding carboxylic acids is 1. The van der Waals surface area contributed by atoms with Crippen LogP contribution in [-0.2, 0) is 0 Å². The number of hydrogen-bond acceptors (Lipinski definition) is 5. The Hall–Kier alpha value is -2.91. The molecular weight excluding hydrogens is 286 g/mol. The summed E-state index contributed by atoms with van der Waals surface area (Å²) in [6.07, 6.45) is 1.42. The van der Waals surface area contributed by atoms with Gasteiger partial charge in [0.05, 0.1) is 6.26 Å². The van der Waals surface area contributed by atoms with Gasteiger partial charge in [-0.2, -0.15) is 5.26 Å². The monoisotopic (exact) mass is 295 g/mol. The van der Waals surface area contributed by atoms with Crippen molar-refractivity contribution in [1.29, 1.82) is 5.26 Å². The average molecular weight is 295 g/mol. The van der Waals surface area contributed by atoms with Crippen LogP contribution in [0.2, 0.25) is 0 Å². The van der Waals surface area contributed by atoms with E-state index in [1.54, 1.807) is 12.1 Å². The molecule has 0 radical (unpaired) electrons. The summed E-state index contributed by atoms with van der Waals surface area (Å²) >= 11 is 1.13. The maximum Gasteiger partial charge on any atom is 0.293 e. The van der Waals surface area contributed by atoms with Gasteiger partial charge < -0.3 is 4.42 Å². The highest BCUT2D eigenvalue weighted by Gasteiger charge is 2.16. The number of aromatic nitrogens is 1. The standard InChI is InChI=1S/C15H9N3O2S/c16-9-12-13(10-5-2-1-3-6-10)17-15(21-12)18-14(19)11-7-4-8-20-11/h1-8H,(H,17,18,19). The van der Waals surface area contributed by atoms with Crippen molar-refractivity contribution < 1.29 is 9.21 Å². The first-order valence-electron chi connectivity index (χ1n) is 6.09. The second-order valence-corrected chi connectivity index (χ2v) is 5.11. The predicted molar refractivity (Wildman–Crippen MR) is 78.9 cm³/mol. The normalized spacial score (nSPS) is 10.0. The number of benzene rings is 1. The molecule has 21 heavy (non-hydrogen) atoms. The van der Waals surface area contributed by atoms with Gasteiger partial charge in [0, 0.05) is 5.56 Å². The average Bonchev–Trinajstić information content (AvgIpc) is 3.17. The molecule has 2 heterocycles. The smallest absolute Gasteiger partial charge is 0.293 e. The fourth-order valence-corrected chi connectivity index (χ4v) is 2.59. The molecule has 0 saturated carbocycles. The van der Waals surface area contributed by atoms with E-state index in [4.69, 9.17) is 4.42 Å². The molecule has 3 aromatic rings. The fraction of sp³-hybridized carbons (Fsp3) is 0. The van der Waals surface area contributed by atoms with Crippen molar-refractivity contribution in [1.82, 2.24) is 4.98 Å². The van der Waals surface area contributed by atoms with E-state index in [0.717, 1.165) is 16.9 Å². The quantitative estimate of drug-likeness (QED) is 0.801. The van der Waals surface area contributed by atoms with Crippen LogP contribution in [0.3, 0.4) is 0 Å². The van der Waals surface area contributed by atoms with Crippen molar-refractivity contribution in [2.45, 2.75) is 0 Å². The van der Waals surface area contributed by atoms with Crippen molar-refractivity contribution in [3.8, 4) is 17.3 Å². The van der Waals surface area contributed by atoms with E-state index >= 15 is 0 Å². The molecule has 0 saturated heterocycles. The van der Waals surface area contributed by atoms with Crippen LogP contribution in [0.1, 0.15) is 15.4 Å². The van der Waals surface area contributed by atoms with E-state index in [-0.39, 0.29) is 5.76 Å². The Balaban J connectivity index is 1.90. The maximum absolute atomic E-state index is 11.9. The molecule has 0 aliphatic heterocycles. The van der Waals surface area contributed by atoms with E-state index < -0.39 is 5.91 Å². The van der Waals surface area contributed by atoms with Crippen molar-refractivity contribution >= 4 is 22.4 Å². The van der Waals surface area contributed by atoms with Gasteiger partial charge in [-0.1, -0.05) is 41.7 Å². The van der Waals surface area contributed by atoms with Gasteiger partial charge in [0.25, 0.3) is 5.91 Å². The number of rotatable bonds is 3. The Kier molecular flexibility index (Phi) is 3.50. The lowest BCUT2D eigenvalue weighted by Gasteiger charge is -1.97. The van der Waals surface area contributed by atoms with Gasteiger partial charge in [-0.15, -0.1) is 0 Å². The number of nitriles is 1. The second kappa shape index (κ2) is 5.61. The van der Waals surface area contributed by atoms with E-state index in [1.165, 1.54) is 6.26 Å². The second-order valence-electron chi connectivity index (χ2n) is 4.11. The molecular formula is C15H9N3O2S. The minimum atomic E-state index is -0.391. The molecule has 1 N–H and O–H groups in total. The third kappa shape index (κ3) is 2.68. The number of thiazole rings is 1. The molecule has 0 bridgehead atoms. The molecule has 6 heteroatoms. The lowest BCUT2D eigenvalue weighted by molar-refractivity contribution is 0.0996. The Morgan fingerprint density at radius 1 is 1.24 bits per heavy atom. The summed E-state index contributed by atoms with van der Waals surface area (Å²) in [4.78, 5) is 16.7. The third-order valence-electron chi connectivity index (χ3n) is 2.74. The number of hydrogen-bond donors (Lipinski definition) is 1. The first kappa shape index (κ1) is 13.1. The Morgan fingerprint density at radius 2 is 2.05 bits per heavy atom. The number of carbonyl (C=O) groups is 1. The van der Waals surface area contributed by atoms with Crippen LogP contribution in [0.25, 0.3) is 11.3 Å². The van der Waals surface area contributed by atoms with Gasteiger partial charge in [0.2, 0.25) is 0 Å². The molecule has 0 fully saturated rings. The van der Waals surface area contributed by atoms with Crippen LogP contribution >= 0.6 is 11.3 Å². The highest BCUT2D eigenvalue weighted by Crippen LogP contribution is 2.30. The summed E-state index contributed by atoms with van der Waals surface area (Å²) in [7, 11) is 0. The van der Waals surface area contributed by atoms with Gasteiger partial charge in [-0.3, -0.25) is 10.1 Å². The van der Waals surface area contributed by atoms with E-state index in [2.05, 4.69) is 16.4 Å². The SMILES string of the molecule is N#Cc1sc(NC(=O)c2ccco2)nc1-c1ccccc1. The lowest BCUT2D eigenvalue weighted by Crippen LogP contribution is -2.10. The van der Waals surface area contributed by atoms with E-state index in [0.29, 0.717) is 15.7 Å². The zero-order valence-corrected chi connectivity index (χ0v) is 11.6. The molecule has 1 amide bonds. The number of nitrogens with one attached hydrogen (secondary N) is 1. The summed E-state index contributed by atoms with van der Waals surface area (Å²) in [6.45, 7) is 0. The number of nitrogens with zero attached hydrogens (tertiary/aromatic N) is 2. The van der Waals surface area contributed by atoms with Crippen LogP contribution in [0.4, 0.5) is 5.13 Å². The minimum Gasteiger partial charge on any atom is -0.459 e. The molecule has 102 valence electrons. The molecule has 5 nitrogen and oxygen atoms in total. The highest BCUT2D eigenvalue weighted by molar-refractivity contribution is 7.16. The molecule has 0 spiro atoms. The Labute approximate surface area is 124 Å². The van der Waals surface area contributed by atoms with Gasteiger partial charge in [0.15, 0.2) is 10.9 Å². The molecule has 3 rings (SSSR count). The van der Waals surface area contributed by atoms with E-state index in [1.807, 2.05) is 30.3 Å². The zero-order chi connectivity index (χ0) is 14.7. The summed E-state index contributed by atoms with van der Waals surface area (Å²) in [6, 6.07) is 14.7. The molecule has 0 atom stereocenters. The van der Waals surface area contributed by atoms with Crippen LogP contribution in [0.15, 0.2) is 53.1 Å². The first-order chi connectivity index (χ1) is 10.3. The number of amides is 1. The summed E-state index contributed by atoms with van der Waals surface area (Å²) in [5, 5.41) is 12.2. The highest BCUT2D eigenvalue weighted by atomic mass is 32.1. The van der Waals surface area contributed by atoms with Gasteiger partial charge >= 0.3 is 0 Å². The summed E-state index contributed by atoms with van der Waals surface area (Å²) < 4.78 is 5.02. The zero-order valence-electron chi connectivity index (χ0n) is 10.7. The largest absolute Gasteiger partial charge is 0.459 e. The minimum absolute atomic E-state index is 0.199. The molecule has 0 aliphatic carbocycles. The van der Waals surface area contributed by atoms with Crippen LogP contribution in [0, 0.1) is 11.3 Å². The van der Waals surface area contributed by atoms with Crippen molar-refractivity contribution in [3.05, 3.63) is 59.4 Å². The van der Waals surface area contributed by atoms with Crippen LogP contribution in [-0.4, -0.2) is 10.9 Å². The molecule has 1 aromatic carbocycles. The number of furan rings is 1. The molecule has 2 aromatic heterocycles. The predicted octanol–water partition coefficient (Wildman–Crippen LogP) is 3.53.